The first-order valence-electron chi connectivity index (χ1n) is 9.38. The lowest BCUT2D eigenvalue weighted by molar-refractivity contribution is -0.184. The maximum atomic E-state index is 14.1. The molecule has 4 rings (SSSR count). The van der Waals surface area contributed by atoms with Crippen LogP contribution in [0.1, 0.15) is 25.8 Å². The number of rotatable bonds is 2. The van der Waals surface area contributed by atoms with E-state index in [-0.39, 0.29) is 36.3 Å². The minimum absolute atomic E-state index is 0.0463. The third kappa shape index (κ3) is 2.98. The summed E-state index contributed by atoms with van der Waals surface area (Å²) in [6.07, 6.45) is -3.70. The summed E-state index contributed by atoms with van der Waals surface area (Å²) in [4.78, 5) is 20.5. The highest BCUT2D eigenvalue weighted by atomic mass is 19.4. The Morgan fingerprint density at radius 2 is 2.07 bits per heavy atom. The number of anilines is 3. The third-order valence-electron chi connectivity index (χ3n) is 5.77. The van der Waals surface area contributed by atoms with Crippen LogP contribution < -0.4 is 15.4 Å². The van der Waals surface area contributed by atoms with Crippen molar-refractivity contribution < 1.29 is 22.4 Å². The van der Waals surface area contributed by atoms with Gasteiger partial charge in [-0.1, -0.05) is 5.16 Å². The van der Waals surface area contributed by atoms with Crippen molar-refractivity contribution in [3.63, 3.8) is 0 Å². The molecule has 4 heterocycles. The van der Waals surface area contributed by atoms with E-state index in [0.717, 1.165) is 11.8 Å². The van der Waals surface area contributed by atoms with E-state index in [1.54, 1.807) is 6.92 Å². The van der Waals surface area contributed by atoms with Crippen LogP contribution in [0.2, 0.25) is 0 Å². The number of ether oxygens (including phenoxy) is 1. The highest BCUT2D eigenvalue weighted by Gasteiger charge is 2.58. The summed E-state index contributed by atoms with van der Waals surface area (Å²) >= 11 is 0. The summed E-state index contributed by atoms with van der Waals surface area (Å²) in [7, 11) is 0. The highest BCUT2D eigenvalue weighted by molar-refractivity contribution is 5.61. The van der Waals surface area contributed by atoms with Crippen LogP contribution in [0.4, 0.5) is 30.8 Å². The smallest absolute Gasteiger partial charge is 0.377 e. The molecule has 2 aromatic heterocycles. The maximum Gasteiger partial charge on any atom is 0.411 e. The molecule has 0 aliphatic carbocycles. The second-order valence-electron chi connectivity index (χ2n) is 7.65. The standard InChI is InChI=1S/C18H22F3N5O3/c1-11-10-28-9-7-24(11)14-12(2)15(27)25-6-5-17(3,18(19,20)21)26(16(25)22-14)13-4-8-29-23-13/h4,8,11H,5-7,9-10H2,1-3H3/t11-,17+/m1/s1. The van der Waals surface area contributed by atoms with Crippen molar-refractivity contribution in [2.24, 2.45) is 0 Å². The molecule has 1 saturated heterocycles. The number of fused-ring (bicyclic) bond motifs is 1. The Kier molecular flexibility index (Phi) is 4.60. The molecule has 2 aliphatic rings. The first kappa shape index (κ1) is 19.7. The van der Waals surface area contributed by atoms with Crippen molar-refractivity contribution in [3.8, 4) is 0 Å². The fraction of sp³-hybridized carbons (Fsp3) is 0.611. The molecule has 8 nitrogen and oxygen atoms in total. The molecule has 2 aromatic rings. The van der Waals surface area contributed by atoms with Crippen molar-refractivity contribution >= 4 is 17.6 Å². The summed E-state index contributed by atoms with van der Waals surface area (Å²) in [5.41, 5.74) is -2.24. The molecule has 0 saturated carbocycles. The van der Waals surface area contributed by atoms with E-state index >= 15 is 0 Å². The van der Waals surface area contributed by atoms with Gasteiger partial charge in [-0.25, -0.2) is 0 Å². The summed E-state index contributed by atoms with van der Waals surface area (Å²) in [6, 6.07) is 1.28. The van der Waals surface area contributed by atoms with Crippen molar-refractivity contribution in [2.45, 2.75) is 51.5 Å². The maximum absolute atomic E-state index is 14.1. The molecule has 2 atom stereocenters. The minimum Gasteiger partial charge on any atom is -0.377 e. The highest BCUT2D eigenvalue weighted by Crippen LogP contribution is 2.46. The van der Waals surface area contributed by atoms with Gasteiger partial charge in [0.25, 0.3) is 5.56 Å². The van der Waals surface area contributed by atoms with E-state index in [2.05, 4.69) is 10.1 Å². The zero-order valence-corrected chi connectivity index (χ0v) is 16.4. The van der Waals surface area contributed by atoms with Crippen molar-refractivity contribution in [1.29, 1.82) is 0 Å². The molecule has 1 fully saturated rings. The lowest BCUT2D eigenvalue weighted by Gasteiger charge is -2.46. The molecule has 0 spiro atoms. The molecular weight excluding hydrogens is 391 g/mol. The van der Waals surface area contributed by atoms with Gasteiger partial charge in [-0.15, -0.1) is 0 Å². The van der Waals surface area contributed by atoms with Gasteiger partial charge in [-0.05, 0) is 27.2 Å². The number of morpholine rings is 1. The molecule has 0 unspecified atom stereocenters. The molecule has 0 aromatic carbocycles. The number of alkyl halides is 3. The Hall–Kier alpha value is -2.56. The van der Waals surface area contributed by atoms with Gasteiger partial charge in [0.1, 0.15) is 17.6 Å². The Balaban J connectivity index is 1.94. The van der Waals surface area contributed by atoms with Crippen LogP contribution in [-0.4, -0.2) is 52.2 Å². The van der Waals surface area contributed by atoms with Gasteiger partial charge in [0.2, 0.25) is 5.95 Å². The molecule has 0 bridgehead atoms. The van der Waals surface area contributed by atoms with Crippen LogP contribution in [0.3, 0.4) is 0 Å². The second-order valence-corrected chi connectivity index (χ2v) is 7.65. The van der Waals surface area contributed by atoms with Crippen LogP contribution in [0, 0.1) is 6.92 Å². The van der Waals surface area contributed by atoms with Crippen molar-refractivity contribution in [3.05, 3.63) is 28.2 Å². The molecule has 158 valence electrons. The minimum atomic E-state index is -4.58. The lowest BCUT2D eigenvalue weighted by atomic mass is 9.92. The zero-order chi connectivity index (χ0) is 21.0. The van der Waals surface area contributed by atoms with Crippen LogP contribution in [0.15, 0.2) is 21.6 Å². The van der Waals surface area contributed by atoms with Gasteiger partial charge in [0.15, 0.2) is 5.82 Å². The third-order valence-corrected chi connectivity index (χ3v) is 5.77. The Morgan fingerprint density at radius 1 is 1.31 bits per heavy atom. The predicted octanol–water partition coefficient (Wildman–Crippen LogP) is 2.63. The summed E-state index contributed by atoms with van der Waals surface area (Å²) in [5.74, 6) is 0.237. The largest absolute Gasteiger partial charge is 0.411 e. The Labute approximate surface area is 164 Å². The number of hydrogen-bond donors (Lipinski definition) is 0. The first-order chi connectivity index (χ1) is 13.6. The molecule has 2 aliphatic heterocycles. The van der Waals surface area contributed by atoms with Gasteiger partial charge in [-0.3, -0.25) is 14.3 Å². The first-order valence-corrected chi connectivity index (χ1v) is 9.38. The fourth-order valence-corrected chi connectivity index (χ4v) is 3.93. The summed E-state index contributed by atoms with van der Waals surface area (Å²) < 4.78 is 53.9. The SMILES string of the molecule is Cc1c(N2CCOC[C@H]2C)nc2n(c1=O)CC[C@@](C)(C(F)(F)F)N2c1ccon1. The van der Waals surface area contributed by atoms with E-state index < -0.39 is 11.7 Å². The van der Waals surface area contributed by atoms with E-state index in [0.29, 0.717) is 31.1 Å². The van der Waals surface area contributed by atoms with E-state index in [9.17, 15) is 18.0 Å². The normalized spacial score (nSPS) is 25.2. The Morgan fingerprint density at radius 3 is 2.69 bits per heavy atom. The van der Waals surface area contributed by atoms with E-state index in [4.69, 9.17) is 9.26 Å². The summed E-state index contributed by atoms with van der Waals surface area (Å²) in [5, 5.41) is 3.72. The molecule has 0 radical (unpaired) electrons. The molecule has 11 heteroatoms. The van der Waals surface area contributed by atoms with Gasteiger partial charge in [-0.2, -0.15) is 18.2 Å². The van der Waals surface area contributed by atoms with E-state index in [1.807, 2.05) is 11.8 Å². The molecule has 0 amide bonds. The molecule has 29 heavy (non-hydrogen) atoms. The van der Waals surface area contributed by atoms with Crippen LogP contribution in [0.25, 0.3) is 0 Å². The topological polar surface area (TPSA) is 76.6 Å². The molecular formula is C18H22F3N5O3. The van der Waals surface area contributed by atoms with Crippen LogP contribution in [-0.2, 0) is 11.3 Å². The van der Waals surface area contributed by atoms with E-state index in [1.165, 1.54) is 16.9 Å². The van der Waals surface area contributed by atoms with Crippen LogP contribution >= 0.6 is 0 Å². The summed E-state index contributed by atoms with van der Waals surface area (Å²) in [6.45, 7) is 5.98. The molecule has 0 N–H and O–H groups in total. The average Bonchev–Trinajstić information content (AvgIpc) is 3.18. The van der Waals surface area contributed by atoms with Gasteiger partial charge in [0.05, 0.1) is 24.8 Å². The van der Waals surface area contributed by atoms with Crippen LogP contribution in [0.5, 0.6) is 0 Å². The number of nitrogens with zero attached hydrogens (tertiary/aromatic N) is 5. The number of halogens is 3. The monoisotopic (exact) mass is 413 g/mol. The average molecular weight is 413 g/mol. The van der Waals surface area contributed by atoms with Crippen molar-refractivity contribution in [1.82, 2.24) is 14.7 Å². The van der Waals surface area contributed by atoms with Crippen molar-refractivity contribution in [2.75, 3.05) is 29.6 Å². The van der Waals surface area contributed by atoms with Gasteiger partial charge >= 0.3 is 6.18 Å². The number of aromatic nitrogens is 3. The number of hydrogen-bond acceptors (Lipinski definition) is 7. The quantitative estimate of drug-likeness (QED) is 0.749. The lowest BCUT2D eigenvalue weighted by Crippen LogP contribution is -2.60. The fourth-order valence-electron chi connectivity index (χ4n) is 3.93. The van der Waals surface area contributed by atoms with Gasteiger partial charge < -0.3 is 14.2 Å². The predicted molar refractivity (Wildman–Crippen MR) is 98.6 cm³/mol. The Bertz CT molecular complexity index is 959. The second kappa shape index (κ2) is 6.75. The zero-order valence-electron chi connectivity index (χ0n) is 16.4. The van der Waals surface area contributed by atoms with Gasteiger partial charge in [0, 0.05) is 19.2 Å².